The molecule has 2 rings (SSSR count). The smallest absolute Gasteiger partial charge is 0.333 e. The molecule has 6 heteroatoms. The lowest BCUT2D eigenvalue weighted by Crippen LogP contribution is -2.34. The molecule has 1 atom stereocenters. The van der Waals surface area contributed by atoms with E-state index in [1.165, 1.54) is 25.3 Å². The predicted molar refractivity (Wildman–Crippen MR) is 85.1 cm³/mol. The molecule has 0 heterocycles. The second kappa shape index (κ2) is 7.29. The van der Waals surface area contributed by atoms with Crippen molar-refractivity contribution in [1.82, 2.24) is 5.32 Å². The SMILES string of the molecule is COC(=O)C(NC(=O)c1ccc(Cl)c(Cl)c1)c1ccccc1. The first kappa shape index (κ1) is 16.3. The number of hydrogen-bond donors (Lipinski definition) is 1. The zero-order valence-electron chi connectivity index (χ0n) is 11.7. The number of hydrogen-bond acceptors (Lipinski definition) is 3. The predicted octanol–water partition coefficient (Wildman–Crippen LogP) is 3.64. The van der Waals surface area contributed by atoms with Crippen molar-refractivity contribution in [2.45, 2.75) is 6.04 Å². The van der Waals surface area contributed by atoms with Gasteiger partial charge in [0.15, 0.2) is 6.04 Å². The van der Waals surface area contributed by atoms with Crippen LogP contribution in [0.1, 0.15) is 22.0 Å². The fourth-order valence-electron chi connectivity index (χ4n) is 1.89. The summed E-state index contributed by atoms with van der Waals surface area (Å²) in [4.78, 5) is 24.2. The molecule has 4 nitrogen and oxygen atoms in total. The quantitative estimate of drug-likeness (QED) is 0.866. The first-order valence-electron chi connectivity index (χ1n) is 6.41. The van der Waals surface area contributed by atoms with Crippen molar-refractivity contribution in [2.75, 3.05) is 7.11 Å². The number of esters is 1. The molecule has 0 aliphatic carbocycles. The fourth-order valence-corrected chi connectivity index (χ4v) is 2.19. The van der Waals surface area contributed by atoms with Gasteiger partial charge in [-0.3, -0.25) is 4.79 Å². The number of carbonyl (C=O) groups is 2. The standard InChI is InChI=1S/C16H13Cl2NO3/c1-22-16(21)14(10-5-3-2-4-6-10)19-15(20)11-7-8-12(17)13(18)9-11/h2-9,14H,1H3,(H,19,20). The van der Waals surface area contributed by atoms with Gasteiger partial charge in [0.05, 0.1) is 17.2 Å². The lowest BCUT2D eigenvalue weighted by Gasteiger charge is -2.17. The largest absolute Gasteiger partial charge is 0.467 e. The Bertz CT molecular complexity index is 689. The van der Waals surface area contributed by atoms with E-state index in [1.54, 1.807) is 24.3 Å². The van der Waals surface area contributed by atoms with E-state index >= 15 is 0 Å². The van der Waals surface area contributed by atoms with Crippen molar-refractivity contribution in [2.24, 2.45) is 0 Å². The maximum atomic E-state index is 12.3. The molecule has 0 saturated carbocycles. The third kappa shape index (κ3) is 3.78. The third-order valence-corrected chi connectivity index (χ3v) is 3.77. The zero-order chi connectivity index (χ0) is 16.1. The summed E-state index contributed by atoms with van der Waals surface area (Å²) in [6.07, 6.45) is 0. The Morgan fingerprint density at radius 3 is 2.32 bits per heavy atom. The monoisotopic (exact) mass is 337 g/mol. The van der Waals surface area contributed by atoms with Crippen molar-refractivity contribution < 1.29 is 14.3 Å². The summed E-state index contributed by atoms with van der Waals surface area (Å²) < 4.78 is 4.75. The minimum atomic E-state index is -0.895. The summed E-state index contributed by atoms with van der Waals surface area (Å²) in [5, 5.41) is 3.25. The van der Waals surface area contributed by atoms with Crippen molar-refractivity contribution in [3.8, 4) is 0 Å². The Morgan fingerprint density at radius 2 is 1.73 bits per heavy atom. The highest BCUT2D eigenvalue weighted by molar-refractivity contribution is 6.42. The van der Waals surface area contributed by atoms with E-state index in [0.717, 1.165) is 0 Å². The van der Waals surface area contributed by atoms with Gasteiger partial charge in [-0.2, -0.15) is 0 Å². The van der Waals surface area contributed by atoms with E-state index in [9.17, 15) is 9.59 Å². The lowest BCUT2D eigenvalue weighted by molar-refractivity contribution is -0.143. The third-order valence-electron chi connectivity index (χ3n) is 3.03. The van der Waals surface area contributed by atoms with Crippen LogP contribution in [-0.2, 0) is 9.53 Å². The van der Waals surface area contributed by atoms with Gasteiger partial charge in [0.1, 0.15) is 0 Å². The molecule has 1 unspecified atom stereocenters. The molecular formula is C16H13Cl2NO3. The molecule has 114 valence electrons. The van der Waals surface area contributed by atoms with Crippen LogP contribution in [-0.4, -0.2) is 19.0 Å². The molecule has 1 amide bonds. The van der Waals surface area contributed by atoms with Crippen LogP contribution >= 0.6 is 23.2 Å². The number of rotatable bonds is 4. The summed E-state index contributed by atoms with van der Waals surface area (Å²) in [7, 11) is 1.27. The molecule has 0 aromatic heterocycles. The number of benzene rings is 2. The molecule has 0 bridgehead atoms. The summed E-state index contributed by atoms with van der Waals surface area (Å²) in [6, 6.07) is 12.4. The van der Waals surface area contributed by atoms with Crippen LogP contribution in [0.2, 0.25) is 10.0 Å². The molecule has 0 saturated heterocycles. The molecular weight excluding hydrogens is 325 g/mol. The van der Waals surface area contributed by atoms with Crippen LogP contribution in [0, 0.1) is 0 Å². The van der Waals surface area contributed by atoms with E-state index in [2.05, 4.69) is 5.32 Å². The number of halogens is 2. The van der Waals surface area contributed by atoms with E-state index in [4.69, 9.17) is 27.9 Å². The van der Waals surface area contributed by atoms with Crippen LogP contribution in [0.4, 0.5) is 0 Å². The zero-order valence-corrected chi connectivity index (χ0v) is 13.2. The maximum Gasteiger partial charge on any atom is 0.333 e. The topological polar surface area (TPSA) is 55.4 Å². The summed E-state index contributed by atoms with van der Waals surface area (Å²) >= 11 is 11.7. The van der Waals surface area contributed by atoms with Crippen molar-refractivity contribution in [3.05, 3.63) is 69.7 Å². The van der Waals surface area contributed by atoms with Crippen LogP contribution < -0.4 is 5.32 Å². The van der Waals surface area contributed by atoms with Gasteiger partial charge in [-0.05, 0) is 23.8 Å². The Hall–Kier alpha value is -2.04. The maximum absolute atomic E-state index is 12.3. The number of nitrogens with one attached hydrogen (secondary N) is 1. The van der Waals surface area contributed by atoms with Gasteiger partial charge in [-0.1, -0.05) is 53.5 Å². The Labute approximate surface area is 138 Å². The Morgan fingerprint density at radius 1 is 1.05 bits per heavy atom. The summed E-state index contributed by atoms with van der Waals surface area (Å²) in [6.45, 7) is 0. The number of ether oxygens (including phenoxy) is 1. The summed E-state index contributed by atoms with van der Waals surface area (Å²) in [5.74, 6) is -1.00. The highest BCUT2D eigenvalue weighted by Gasteiger charge is 2.24. The van der Waals surface area contributed by atoms with Crippen molar-refractivity contribution in [3.63, 3.8) is 0 Å². The van der Waals surface area contributed by atoms with E-state index in [-0.39, 0.29) is 5.02 Å². The molecule has 1 N–H and O–H groups in total. The Kier molecular flexibility index (Phi) is 5.41. The molecule has 2 aromatic carbocycles. The second-order valence-corrected chi connectivity index (χ2v) is 5.28. The van der Waals surface area contributed by atoms with Gasteiger partial charge >= 0.3 is 5.97 Å². The van der Waals surface area contributed by atoms with Crippen LogP contribution in [0.25, 0.3) is 0 Å². The first-order chi connectivity index (χ1) is 10.5. The van der Waals surface area contributed by atoms with Gasteiger partial charge in [-0.25, -0.2) is 4.79 Å². The second-order valence-electron chi connectivity index (χ2n) is 4.47. The van der Waals surface area contributed by atoms with E-state index < -0.39 is 17.9 Å². The van der Waals surface area contributed by atoms with Gasteiger partial charge in [-0.15, -0.1) is 0 Å². The highest BCUT2D eigenvalue weighted by atomic mass is 35.5. The molecule has 0 radical (unpaired) electrons. The van der Waals surface area contributed by atoms with Crippen LogP contribution in [0.3, 0.4) is 0 Å². The molecule has 0 spiro atoms. The summed E-state index contributed by atoms with van der Waals surface area (Å²) in [5.41, 5.74) is 0.932. The highest BCUT2D eigenvalue weighted by Crippen LogP contribution is 2.23. The number of carbonyl (C=O) groups excluding carboxylic acids is 2. The lowest BCUT2D eigenvalue weighted by atomic mass is 10.1. The van der Waals surface area contributed by atoms with Gasteiger partial charge < -0.3 is 10.1 Å². The molecule has 0 fully saturated rings. The van der Waals surface area contributed by atoms with Crippen molar-refractivity contribution >= 4 is 35.1 Å². The van der Waals surface area contributed by atoms with E-state index in [0.29, 0.717) is 16.1 Å². The Balaban J connectivity index is 2.25. The molecule has 0 aliphatic rings. The average molecular weight is 338 g/mol. The van der Waals surface area contributed by atoms with Gasteiger partial charge in [0.2, 0.25) is 0 Å². The minimum absolute atomic E-state index is 0.267. The average Bonchev–Trinajstić information content (AvgIpc) is 2.55. The first-order valence-corrected chi connectivity index (χ1v) is 7.17. The molecule has 22 heavy (non-hydrogen) atoms. The van der Waals surface area contributed by atoms with Gasteiger partial charge in [0, 0.05) is 5.56 Å². The molecule has 0 aliphatic heterocycles. The van der Waals surface area contributed by atoms with E-state index in [1.807, 2.05) is 6.07 Å². The number of amides is 1. The number of methoxy groups -OCH3 is 1. The minimum Gasteiger partial charge on any atom is -0.467 e. The van der Waals surface area contributed by atoms with Crippen LogP contribution in [0.5, 0.6) is 0 Å². The van der Waals surface area contributed by atoms with Crippen molar-refractivity contribution in [1.29, 1.82) is 0 Å². The normalized spacial score (nSPS) is 11.6. The fraction of sp³-hybridized carbons (Fsp3) is 0.125. The van der Waals surface area contributed by atoms with Crippen LogP contribution in [0.15, 0.2) is 48.5 Å². The molecule has 2 aromatic rings. The van der Waals surface area contributed by atoms with Gasteiger partial charge in [0.25, 0.3) is 5.91 Å².